The van der Waals surface area contributed by atoms with Gasteiger partial charge in [0.05, 0.1) is 6.04 Å². The summed E-state index contributed by atoms with van der Waals surface area (Å²) in [4.78, 5) is 15.1. The van der Waals surface area contributed by atoms with Crippen LogP contribution in [0.5, 0.6) is 0 Å². The monoisotopic (exact) mass is 391 g/mol. The van der Waals surface area contributed by atoms with Gasteiger partial charge in [0.25, 0.3) is 0 Å². The van der Waals surface area contributed by atoms with Gasteiger partial charge in [-0.25, -0.2) is 4.39 Å². The van der Waals surface area contributed by atoms with Gasteiger partial charge in [-0.05, 0) is 37.8 Å². The molecular formula is C21H26FNO3S. The topological polar surface area (TPSA) is 38.8 Å². The van der Waals surface area contributed by atoms with Crippen LogP contribution in [-0.2, 0) is 14.3 Å². The van der Waals surface area contributed by atoms with Gasteiger partial charge in [-0.2, -0.15) is 12.6 Å². The first-order valence-corrected chi connectivity index (χ1v) is 10.2. The van der Waals surface area contributed by atoms with Crippen molar-refractivity contribution in [1.82, 2.24) is 4.90 Å². The Hall–Kier alpha value is -1.21. The predicted molar refractivity (Wildman–Crippen MR) is 104 cm³/mol. The van der Waals surface area contributed by atoms with Gasteiger partial charge >= 0.3 is 0 Å². The van der Waals surface area contributed by atoms with Gasteiger partial charge < -0.3 is 9.47 Å². The molecule has 1 aromatic rings. The Labute approximate surface area is 165 Å². The number of piperidine rings is 1. The number of nitrogens with zero attached hydrogens (tertiary/aromatic N) is 1. The largest absolute Gasteiger partial charge is 0.324 e. The standard InChI is InChI=1S/C21H26FNO3S/c1-13-25-19(26-13)9-8-15-12-23(11-10-18(15)27)20(21(24)14-6-7-14)16-4-2-3-5-17(16)22/h2-5,8,13-14,18-20,27H,6-7,9-12H2,1H3/b15-8+. The molecule has 2 aliphatic heterocycles. The minimum atomic E-state index is -0.515. The highest BCUT2D eigenvalue weighted by atomic mass is 32.1. The maximum absolute atomic E-state index is 14.5. The second-order valence-electron chi connectivity index (χ2n) is 7.66. The number of ether oxygens (including phenoxy) is 2. The lowest BCUT2D eigenvalue weighted by atomic mass is 9.93. The molecule has 0 spiro atoms. The van der Waals surface area contributed by atoms with E-state index in [1.165, 1.54) is 6.07 Å². The van der Waals surface area contributed by atoms with Crippen molar-refractivity contribution in [3.8, 4) is 0 Å². The average molecular weight is 392 g/mol. The summed E-state index contributed by atoms with van der Waals surface area (Å²) in [5.74, 6) is -0.0779. The maximum Gasteiger partial charge on any atom is 0.167 e. The van der Waals surface area contributed by atoms with Crippen LogP contribution in [-0.4, -0.2) is 41.6 Å². The summed E-state index contributed by atoms with van der Waals surface area (Å²) in [5.41, 5.74) is 1.65. The van der Waals surface area contributed by atoms with Crippen LogP contribution in [0, 0.1) is 11.7 Å². The molecule has 146 valence electrons. The van der Waals surface area contributed by atoms with E-state index in [1.54, 1.807) is 18.2 Å². The van der Waals surface area contributed by atoms with Crippen LogP contribution in [0.15, 0.2) is 35.9 Å². The zero-order valence-corrected chi connectivity index (χ0v) is 16.4. The van der Waals surface area contributed by atoms with E-state index < -0.39 is 6.04 Å². The second-order valence-corrected chi connectivity index (χ2v) is 8.28. The molecule has 4 rings (SSSR count). The number of hydrogen-bond donors (Lipinski definition) is 1. The number of carbonyl (C=O) groups excluding carboxylic acids is 1. The van der Waals surface area contributed by atoms with Crippen LogP contribution in [0.25, 0.3) is 0 Å². The molecule has 2 unspecified atom stereocenters. The van der Waals surface area contributed by atoms with Crippen molar-refractivity contribution >= 4 is 18.4 Å². The van der Waals surface area contributed by atoms with Crippen LogP contribution in [0.4, 0.5) is 4.39 Å². The van der Waals surface area contributed by atoms with Crippen molar-refractivity contribution in [1.29, 1.82) is 0 Å². The molecule has 0 N–H and O–H groups in total. The maximum atomic E-state index is 14.5. The fourth-order valence-electron chi connectivity index (χ4n) is 3.93. The number of halogens is 1. The average Bonchev–Trinajstić information content (AvgIpc) is 3.46. The molecule has 6 heteroatoms. The van der Waals surface area contributed by atoms with Crippen molar-refractivity contribution in [2.45, 2.75) is 56.5 Å². The molecule has 0 aromatic heterocycles. The molecule has 1 saturated carbocycles. The number of thiol groups is 1. The molecule has 27 heavy (non-hydrogen) atoms. The zero-order valence-electron chi connectivity index (χ0n) is 15.5. The molecule has 0 amide bonds. The Morgan fingerprint density at radius 3 is 2.74 bits per heavy atom. The van der Waals surface area contributed by atoms with Crippen molar-refractivity contribution < 1.29 is 18.7 Å². The molecule has 0 radical (unpaired) electrons. The minimum absolute atomic E-state index is 0.0778. The first-order chi connectivity index (χ1) is 13.0. The SMILES string of the molecule is CC1OC(C/C=C2\CN(C(C(=O)C3CC3)c3ccccc3F)CCC2S)O1. The molecule has 2 atom stereocenters. The lowest BCUT2D eigenvalue weighted by Gasteiger charge is -2.38. The number of Topliss-reactive ketones (excluding diaryl/α,β-unsaturated/α-hetero) is 1. The fraction of sp³-hybridized carbons (Fsp3) is 0.571. The Morgan fingerprint density at radius 1 is 1.33 bits per heavy atom. The minimum Gasteiger partial charge on any atom is -0.324 e. The number of hydrogen-bond acceptors (Lipinski definition) is 5. The van der Waals surface area contributed by atoms with Crippen molar-refractivity contribution in [2.24, 2.45) is 5.92 Å². The third-order valence-electron chi connectivity index (χ3n) is 5.58. The van der Waals surface area contributed by atoms with Crippen LogP contribution >= 0.6 is 12.6 Å². The summed E-state index contributed by atoms with van der Waals surface area (Å²) in [5, 5.41) is 0.149. The van der Waals surface area contributed by atoms with Gasteiger partial charge in [-0.1, -0.05) is 24.3 Å². The Morgan fingerprint density at radius 2 is 2.07 bits per heavy atom. The van der Waals surface area contributed by atoms with Crippen molar-refractivity contribution in [2.75, 3.05) is 13.1 Å². The molecule has 2 saturated heterocycles. The summed E-state index contributed by atoms with van der Waals surface area (Å²) >= 11 is 4.71. The van der Waals surface area contributed by atoms with E-state index in [9.17, 15) is 9.18 Å². The molecular weight excluding hydrogens is 365 g/mol. The van der Waals surface area contributed by atoms with Gasteiger partial charge in [0, 0.05) is 36.2 Å². The third kappa shape index (κ3) is 4.29. The Balaban J connectivity index is 1.53. The van der Waals surface area contributed by atoms with Crippen LogP contribution < -0.4 is 0 Å². The summed E-state index contributed by atoms with van der Waals surface area (Å²) in [6.45, 7) is 3.22. The quantitative estimate of drug-likeness (QED) is 0.590. The number of likely N-dealkylation sites (tertiary alicyclic amines) is 1. The van der Waals surface area contributed by atoms with Crippen molar-refractivity contribution in [3.63, 3.8) is 0 Å². The Bertz CT molecular complexity index is 730. The molecule has 1 aliphatic carbocycles. The molecule has 0 bridgehead atoms. The smallest absolute Gasteiger partial charge is 0.167 e. The molecule has 3 fully saturated rings. The summed E-state index contributed by atoms with van der Waals surface area (Å²) in [6, 6.07) is 6.15. The number of ketones is 1. The van der Waals surface area contributed by atoms with E-state index in [0.29, 0.717) is 18.5 Å². The van der Waals surface area contributed by atoms with Gasteiger partial charge in [0.1, 0.15) is 5.82 Å². The molecule has 1 aromatic carbocycles. The van der Waals surface area contributed by atoms with Gasteiger partial charge in [-0.3, -0.25) is 9.69 Å². The first kappa shape index (κ1) is 19.1. The van der Waals surface area contributed by atoms with E-state index in [1.807, 2.05) is 6.92 Å². The van der Waals surface area contributed by atoms with Crippen LogP contribution in [0.3, 0.4) is 0 Å². The van der Waals surface area contributed by atoms with E-state index in [0.717, 1.165) is 31.4 Å². The van der Waals surface area contributed by atoms with E-state index in [2.05, 4.69) is 11.0 Å². The Kier molecular flexibility index (Phi) is 5.69. The predicted octanol–water partition coefficient (Wildman–Crippen LogP) is 3.89. The highest BCUT2D eigenvalue weighted by molar-refractivity contribution is 7.81. The lowest BCUT2D eigenvalue weighted by Crippen LogP contribution is -2.43. The summed E-state index contributed by atoms with van der Waals surface area (Å²) in [6.07, 6.45) is 5.13. The van der Waals surface area contributed by atoms with Crippen LogP contribution in [0.1, 0.15) is 44.2 Å². The van der Waals surface area contributed by atoms with Gasteiger partial charge in [0.15, 0.2) is 18.4 Å². The molecule has 4 nitrogen and oxygen atoms in total. The van der Waals surface area contributed by atoms with Gasteiger partial charge in [0.2, 0.25) is 0 Å². The van der Waals surface area contributed by atoms with Gasteiger partial charge in [-0.15, -0.1) is 0 Å². The first-order valence-electron chi connectivity index (χ1n) is 9.73. The summed E-state index contributed by atoms with van der Waals surface area (Å²) in [7, 11) is 0. The number of benzene rings is 1. The highest BCUT2D eigenvalue weighted by Gasteiger charge is 2.41. The fourth-order valence-corrected chi connectivity index (χ4v) is 4.23. The van der Waals surface area contributed by atoms with E-state index >= 15 is 0 Å². The summed E-state index contributed by atoms with van der Waals surface area (Å²) < 4.78 is 25.5. The van der Waals surface area contributed by atoms with E-state index in [4.69, 9.17) is 22.1 Å². The lowest BCUT2D eigenvalue weighted by molar-refractivity contribution is -0.373. The molecule has 2 heterocycles. The number of rotatable bonds is 6. The van der Waals surface area contributed by atoms with Crippen molar-refractivity contribution in [3.05, 3.63) is 47.3 Å². The third-order valence-corrected chi connectivity index (χ3v) is 6.17. The van der Waals surface area contributed by atoms with E-state index in [-0.39, 0.29) is 35.3 Å². The normalized spacial score (nSPS) is 31.5. The second kappa shape index (κ2) is 8.03. The highest BCUT2D eigenvalue weighted by Crippen LogP contribution is 2.39. The number of carbonyl (C=O) groups is 1. The van der Waals surface area contributed by atoms with Crippen LogP contribution in [0.2, 0.25) is 0 Å². The zero-order chi connectivity index (χ0) is 19.0. The molecule has 3 aliphatic rings.